The lowest BCUT2D eigenvalue weighted by molar-refractivity contribution is 0.0175. The molecule has 3 heterocycles. The standard InChI is InChI=1S/C17H16N6O/c18-9-12-2-4-14-13(8-12)3-5-16(20-14)23-7-1-6-17(24,11-23)15-10-19-22-21-15/h2-5,8,10,24H,1,6-7,11H2,(H,19,21,22). The maximum atomic E-state index is 10.9. The van der Waals surface area contributed by atoms with Crippen LogP contribution >= 0.6 is 0 Å². The summed E-state index contributed by atoms with van der Waals surface area (Å²) in [6.45, 7) is 1.25. The van der Waals surface area contributed by atoms with Gasteiger partial charge < -0.3 is 10.0 Å². The highest BCUT2D eigenvalue weighted by atomic mass is 16.3. The van der Waals surface area contributed by atoms with Crippen LogP contribution in [0, 0.1) is 11.3 Å². The van der Waals surface area contributed by atoms with Crippen LogP contribution in [-0.4, -0.2) is 38.6 Å². The average Bonchev–Trinajstić information content (AvgIpc) is 3.16. The van der Waals surface area contributed by atoms with Gasteiger partial charge in [0.05, 0.1) is 29.9 Å². The van der Waals surface area contributed by atoms with Gasteiger partial charge in [0.2, 0.25) is 0 Å². The van der Waals surface area contributed by atoms with Crippen molar-refractivity contribution in [2.45, 2.75) is 18.4 Å². The van der Waals surface area contributed by atoms with E-state index < -0.39 is 5.60 Å². The van der Waals surface area contributed by atoms with Crippen molar-refractivity contribution < 1.29 is 5.11 Å². The number of H-pyrrole nitrogens is 1. The number of nitrogens with one attached hydrogen (secondary N) is 1. The van der Waals surface area contributed by atoms with Gasteiger partial charge in [-0.05, 0) is 43.2 Å². The van der Waals surface area contributed by atoms with Crippen LogP contribution in [-0.2, 0) is 5.60 Å². The monoisotopic (exact) mass is 320 g/mol. The average molecular weight is 320 g/mol. The van der Waals surface area contributed by atoms with Crippen LogP contribution in [0.4, 0.5) is 5.82 Å². The first-order valence-electron chi connectivity index (χ1n) is 7.82. The lowest BCUT2D eigenvalue weighted by atomic mass is 9.90. The predicted molar refractivity (Wildman–Crippen MR) is 88.2 cm³/mol. The molecule has 0 aliphatic carbocycles. The first-order valence-corrected chi connectivity index (χ1v) is 7.82. The van der Waals surface area contributed by atoms with E-state index in [4.69, 9.17) is 5.26 Å². The summed E-state index contributed by atoms with van der Waals surface area (Å²) in [6.07, 6.45) is 3.06. The van der Waals surface area contributed by atoms with Gasteiger partial charge in [-0.15, -0.1) is 0 Å². The summed E-state index contributed by atoms with van der Waals surface area (Å²) in [6, 6.07) is 11.5. The Morgan fingerprint density at radius 3 is 3.00 bits per heavy atom. The number of anilines is 1. The Bertz CT molecular complexity index is 916. The highest BCUT2D eigenvalue weighted by molar-refractivity contribution is 5.81. The van der Waals surface area contributed by atoms with Gasteiger partial charge in [-0.2, -0.15) is 20.7 Å². The second-order valence-corrected chi connectivity index (χ2v) is 6.10. The van der Waals surface area contributed by atoms with Crippen LogP contribution in [0.3, 0.4) is 0 Å². The minimum Gasteiger partial charge on any atom is -0.382 e. The minimum absolute atomic E-state index is 0.425. The number of nitrogens with zero attached hydrogens (tertiary/aromatic N) is 5. The summed E-state index contributed by atoms with van der Waals surface area (Å²) < 4.78 is 0. The molecule has 1 unspecified atom stereocenters. The van der Waals surface area contributed by atoms with Crippen LogP contribution in [0.5, 0.6) is 0 Å². The largest absolute Gasteiger partial charge is 0.382 e. The molecule has 4 rings (SSSR count). The van der Waals surface area contributed by atoms with Gasteiger partial charge in [-0.1, -0.05) is 0 Å². The van der Waals surface area contributed by atoms with E-state index in [0.717, 1.165) is 29.7 Å². The minimum atomic E-state index is -1.02. The molecule has 1 atom stereocenters. The maximum Gasteiger partial charge on any atom is 0.129 e. The first-order chi connectivity index (χ1) is 11.7. The van der Waals surface area contributed by atoms with E-state index >= 15 is 0 Å². The number of hydrogen-bond acceptors (Lipinski definition) is 6. The van der Waals surface area contributed by atoms with Gasteiger partial charge >= 0.3 is 0 Å². The normalized spacial score (nSPS) is 20.9. The van der Waals surface area contributed by atoms with Crippen molar-refractivity contribution in [1.82, 2.24) is 20.4 Å². The van der Waals surface area contributed by atoms with Crippen LogP contribution in [0.15, 0.2) is 36.5 Å². The molecule has 0 amide bonds. The molecule has 2 aromatic heterocycles. The van der Waals surface area contributed by atoms with Crippen LogP contribution in [0.1, 0.15) is 24.1 Å². The van der Waals surface area contributed by atoms with E-state index in [9.17, 15) is 5.11 Å². The molecule has 3 aromatic rings. The van der Waals surface area contributed by atoms with Gasteiger partial charge in [-0.3, -0.25) is 0 Å². The molecule has 2 N–H and O–H groups in total. The van der Waals surface area contributed by atoms with Crippen molar-refractivity contribution in [3.05, 3.63) is 47.8 Å². The van der Waals surface area contributed by atoms with Crippen molar-refractivity contribution in [3.8, 4) is 6.07 Å². The molecule has 0 saturated carbocycles. The fourth-order valence-electron chi connectivity index (χ4n) is 3.23. The summed E-state index contributed by atoms with van der Waals surface area (Å²) in [7, 11) is 0. The van der Waals surface area contributed by atoms with Crippen molar-refractivity contribution in [1.29, 1.82) is 5.26 Å². The Hall–Kier alpha value is -2.98. The zero-order chi connectivity index (χ0) is 16.6. The quantitative estimate of drug-likeness (QED) is 0.745. The lowest BCUT2D eigenvalue weighted by Crippen LogP contribution is -2.46. The summed E-state index contributed by atoms with van der Waals surface area (Å²) >= 11 is 0. The molecule has 24 heavy (non-hydrogen) atoms. The molecule has 0 radical (unpaired) electrons. The predicted octanol–water partition coefficient (Wildman–Crippen LogP) is 1.71. The maximum absolute atomic E-state index is 10.9. The molecule has 1 fully saturated rings. The second-order valence-electron chi connectivity index (χ2n) is 6.10. The lowest BCUT2D eigenvalue weighted by Gasteiger charge is -2.38. The molecule has 0 spiro atoms. The molecule has 1 aliphatic rings. The van der Waals surface area contributed by atoms with E-state index in [1.807, 2.05) is 24.3 Å². The smallest absolute Gasteiger partial charge is 0.129 e. The number of hydrogen-bond donors (Lipinski definition) is 2. The van der Waals surface area contributed by atoms with Gasteiger partial charge in [0.1, 0.15) is 17.1 Å². The molecular formula is C17H16N6O. The van der Waals surface area contributed by atoms with Gasteiger partial charge in [-0.25, -0.2) is 4.98 Å². The fraction of sp³-hybridized carbons (Fsp3) is 0.294. The number of aromatic nitrogens is 4. The van der Waals surface area contributed by atoms with Crippen molar-refractivity contribution >= 4 is 16.7 Å². The third kappa shape index (κ3) is 2.47. The number of piperidine rings is 1. The summed E-state index contributed by atoms with van der Waals surface area (Å²) in [5.41, 5.74) is 0.996. The fourth-order valence-corrected chi connectivity index (χ4v) is 3.23. The Labute approximate surface area is 138 Å². The first kappa shape index (κ1) is 14.6. The summed E-state index contributed by atoms with van der Waals surface area (Å²) in [4.78, 5) is 6.75. The van der Waals surface area contributed by atoms with E-state index in [2.05, 4.69) is 31.4 Å². The molecule has 0 bridgehead atoms. The van der Waals surface area contributed by atoms with Gasteiger partial charge in [0.25, 0.3) is 0 Å². The zero-order valence-electron chi connectivity index (χ0n) is 13.0. The number of nitriles is 1. The number of benzene rings is 1. The van der Waals surface area contributed by atoms with Gasteiger partial charge in [0.15, 0.2) is 0 Å². The Balaban J connectivity index is 1.66. The van der Waals surface area contributed by atoms with E-state index in [1.165, 1.54) is 0 Å². The second kappa shape index (κ2) is 5.58. The number of aliphatic hydroxyl groups is 1. The SMILES string of the molecule is N#Cc1ccc2nc(N3CCCC(O)(c4cn[nH]n4)C3)ccc2c1. The van der Waals surface area contributed by atoms with Crippen molar-refractivity contribution in [2.75, 3.05) is 18.0 Å². The third-order valence-electron chi connectivity index (χ3n) is 4.49. The Morgan fingerprint density at radius 1 is 1.29 bits per heavy atom. The van der Waals surface area contributed by atoms with Crippen molar-refractivity contribution in [3.63, 3.8) is 0 Å². The molecular weight excluding hydrogens is 304 g/mol. The Kier molecular flexibility index (Phi) is 3.40. The molecule has 1 aliphatic heterocycles. The van der Waals surface area contributed by atoms with Gasteiger partial charge in [0, 0.05) is 11.9 Å². The van der Waals surface area contributed by atoms with Crippen LogP contribution in [0.25, 0.3) is 10.9 Å². The number of rotatable bonds is 2. The molecule has 1 aromatic carbocycles. The number of β-amino-alcohol motifs (C(OH)–C–C–N with tert-alkyl or cyclic N) is 1. The summed E-state index contributed by atoms with van der Waals surface area (Å²) in [5, 5.41) is 31.2. The Morgan fingerprint density at radius 2 is 2.21 bits per heavy atom. The van der Waals surface area contributed by atoms with Crippen molar-refractivity contribution in [2.24, 2.45) is 0 Å². The van der Waals surface area contributed by atoms with E-state index in [0.29, 0.717) is 24.2 Å². The van der Waals surface area contributed by atoms with Crippen LogP contribution < -0.4 is 4.90 Å². The topological polar surface area (TPSA) is 102 Å². The highest BCUT2D eigenvalue weighted by Crippen LogP contribution is 2.32. The molecule has 1 saturated heterocycles. The van der Waals surface area contributed by atoms with E-state index in [-0.39, 0.29) is 0 Å². The third-order valence-corrected chi connectivity index (χ3v) is 4.49. The molecule has 7 heteroatoms. The van der Waals surface area contributed by atoms with Crippen LogP contribution in [0.2, 0.25) is 0 Å². The number of pyridine rings is 1. The number of fused-ring (bicyclic) bond motifs is 1. The zero-order valence-corrected chi connectivity index (χ0v) is 13.0. The molecule has 120 valence electrons. The summed E-state index contributed by atoms with van der Waals surface area (Å²) in [5.74, 6) is 0.814. The number of aromatic amines is 1. The molecule has 7 nitrogen and oxygen atoms in total. The highest BCUT2D eigenvalue weighted by Gasteiger charge is 2.37. The van der Waals surface area contributed by atoms with E-state index in [1.54, 1.807) is 12.3 Å².